The van der Waals surface area contributed by atoms with Gasteiger partial charge >= 0.3 is 0 Å². The maximum atomic E-state index is 4.65. The Hall–Kier alpha value is -1.03. The number of hydrogen-bond donors (Lipinski definition) is 1. The monoisotopic (exact) mass is 264 g/mol. The number of anilines is 1. The van der Waals surface area contributed by atoms with E-state index in [9.17, 15) is 0 Å². The summed E-state index contributed by atoms with van der Waals surface area (Å²) in [6.45, 7) is 5.31. The van der Waals surface area contributed by atoms with Crippen LogP contribution in [-0.4, -0.2) is 40.6 Å². The summed E-state index contributed by atoms with van der Waals surface area (Å²) in [6, 6.07) is 1.13. The third kappa shape index (κ3) is 3.96. The zero-order chi connectivity index (χ0) is 13.8. The van der Waals surface area contributed by atoms with E-state index in [1.165, 1.54) is 32.1 Å². The van der Waals surface area contributed by atoms with Crippen molar-refractivity contribution < 1.29 is 0 Å². The Labute approximate surface area is 117 Å². The first-order chi connectivity index (χ1) is 9.06. The fourth-order valence-corrected chi connectivity index (χ4v) is 2.68. The molecular weight excluding hydrogens is 236 g/mol. The lowest BCUT2D eigenvalue weighted by Gasteiger charge is -2.25. The number of nitrogens with one attached hydrogen (secondary N) is 1. The molecular formula is C15H28N4. The molecule has 0 bridgehead atoms. The van der Waals surface area contributed by atoms with Gasteiger partial charge in [-0.1, -0.05) is 19.3 Å². The summed E-state index contributed by atoms with van der Waals surface area (Å²) in [4.78, 5) is 6.90. The molecule has 19 heavy (non-hydrogen) atoms. The Balaban J connectivity index is 2.02. The van der Waals surface area contributed by atoms with Crippen LogP contribution in [0.25, 0.3) is 0 Å². The van der Waals surface area contributed by atoms with Crippen LogP contribution < -0.4 is 5.32 Å². The Morgan fingerprint density at radius 3 is 2.68 bits per heavy atom. The van der Waals surface area contributed by atoms with Crippen molar-refractivity contribution in [3.63, 3.8) is 0 Å². The minimum absolute atomic E-state index is 0.514. The molecule has 1 aromatic rings. The van der Waals surface area contributed by atoms with Gasteiger partial charge in [0.1, 0.15) is 0 Å². The molecule has 0 aromatic carbocycles. The lowest BCUT2D eigenvalue weighted by Crippen LogP contribution is -2.30. The van der Waals surface area contributed by atoms with Gasteiger partial charge in [0.2, 0.25) is 5.95 Å². The van der Waals surface area contributed by atoms with Crippen molar-refractivity contribution in [3.8, 4) is 0 Å². The largest absolute Gasteiger partial charge is 0.353 e. The molecule has 1 saturated carbocycles. The average molecular weight is 264 g/mol. The summed E-state index contributed by atoms with van der Waals surface area (Å²) in [5.41, 5.74) is 1.10. The molecule has 0 amide bonds. The van der Waals surface area contributed by atoms with E-state index in [0.29, 0.717) is 12.1 Å². The maximum absolute atomic E-state index is 4.65. The second-order valence-corrected chi connectivity index (χ2v) is 6.15. The molecule has 4 heteroatoms. The number of likely N-dealkylation sites (N-methyl/N-ethyl adjacent to an activating group) is 1. The average Bonchev–Trinajstić information content (AvgIpc) is 2.70. The predicted octanol–water partition coefficient (Wildman–Crippen LogP) is 2.89. The van der Waals surface area contributed by atoms with Crippen molar-refractivity contribution in [2.45, 2.75) is 64.6 Å². The highest BCUT2D eigenvalue weighted by Crippen LogP contribution is 2.21. The molecule has 4 nitrogen and oxygen atoms in total. The second kappa shape index (κ2) is 6.42. The van der Waals surface area contributed by atoms with E-state index in [0.717, 1.165) is 18.2 Å². The molecule has 2 rings (SSSR count). The molecule has 1 unspecified atom stereocenters. The Kier molecular flexibility index (Phi) is 4.86. The van der Waals surface area contributed by atoms with Gasteiger partial charge in [0.25, 0.3) is 0 Å². The van der Waals surface area contributed by atoms with Crippen LogP contribution in [0, 0.1) is 6.92 Å². The SMILES string of the molecule is Cc1cn(CC(C)N(C)C)c(NC2CCCCC2)n1. The lowest BCUT2D eigenvalue weighted by atomic mass is 9.96. The highest BCUT2D eigenvalue weighted by Gasteiger charge is 2.17. The minimum atomic E-state index is 0.514. The van der Waals surface area contributed by atoms with E-state index >= 15 is 0 Å². The number of hydrogen-bond acceptors (Lipinski definition) is 3. The quantitative estimate of drug-likeness (QED) is 0.887. The predicted molar refractivity (Wildman–Crippen MR) is 80.6 cm³/mol. The summed E-state index contributed by atoms with van der Waals surface area (Å²) in [7, 11) is 4.26. The smallest absolute Gasteiger partial charge is 0.203 e. The van der Waals surface area contributed by atoms with Gasteiger partial charge in [-0.05, 0) is 40.8 Å². The number of imidazole rings is 1. The molecule has 1 aromatic heterocycles. The van der Waals surface area contributed by atoms with Gasteiger partial charge in [0.15, 0.2) is 0 Å². The lowest BCUT2D eigenvalue weighted by molar-refractivity contribution is 0.284. The van der Waals surface area contributed by atoms with Crippen molar-refractivity contribution in [1.29, 1.82) is 0 Å². The zero-order valence-electron chi connectivity index (χ0n) is 12.8. The summed E-state index contributed by atoms with van der Waals surface area (Å²) >= 11 is 0. The highest BCUT2D eigenvalue weighted by atomic mass is 15.2. The summed E-state index contributed by atoms with van der Waals surface area (Å²) in [6.07, 6.45) is 8.83. The maximum Gasteiger partial charge on any atom is 0.203 e. The highest BCUT2D eigenvalue weighted by molar-refractivity contribution is 5.30. The van der Waals surface area contributed by atoms with Crippen LogP contribution in [0.1, 0.15) is 44.7 Å². The van der Waals surface area contributed by atoms with Crippen molar-refractivity contribution in [3.05, 3.63) is 11.9 Å². The molecule has 0 saturated heterocycles. The Bertz CT molecular complexity index is 391. The molecule has 1 N–H and O–H groups in total. The van der Waals surface area contributed by atoms with Gasteiger partial charge < -0.3 is 14.8 Å². The van der Waals surface area contributed by atoms with E-state index in [1.807, 2.05) is 0 Å². The first-order valence-corrected chi connectivity index (χ1v) is 7.53. The van der Waals surface area contributed by atoms with Crippen LogP contribution in [0.2, 0.25) is 0 Å². The summed E-state index contributed by atoms with van der Waals surface area (Å²) in [5, 5.41) is 3.65. The zero-order valence-corrected chi connectivity index (χ0v) is 12.8. The molecule has 1 fully saturated rings. The third-order valence-electron chi connectivity index (χ3n) is 4.18. The van der Waals surface area contributed by atoms with Crippen LogP contribution >= 0.6 is 0 Å². The second-order valence-electron chi connectivity index (χ2n) is 6.15. The van der Waals surface area contributed by atoms with Crippen molar-refractivity contribution in [2.75, 3.05) is 19.4 Å². The minimum Gasteiger partial charge on any atom is -0.353 e. The molecule has 0 radical (unpaired) electrons. The van der Waals surface area contributed by atoms with Gasteiger partial charge in [-0.15, -0.1) is 0 Å². The van der Waals surface area contributed by atoms with Crippen LogP contribution in [0.3, 0.4) is 0 Å². The molecule has 1 aliphatic carbocycles. The van der Waals surface area contributed by atoms with Crippen LogP contribution in [0.4, 0.5) is 5.95 Å². The fraction of sp³-hybridized carbons (Fsp3) is 0.800. The Morgan fingerprint density at radius 2 is 2.05 bits per heavy atom. The standard InChI is InChI=1S/C15H28N4/c1-12-10-19(11-13(2)18(3)4)15(16-12)17-14-8-6-5-7-9-14/h10,13-14H,5-9,11H2,1-4H3,(H,16,17). The molecule has 0 spiro atoms. The molecule has 0 aliphatic heterocycles. The first kappa shape index (κ1) is 14.4. The fourth-order valence-electron chi connectivity index (χ4n) is 2.68. The molecule has 108 valence electrons. The first-order valence-electron chi connectivity index (χ1n) is 7.53. The number of aromatic nitrogens is 2. The summed E-state index contributed by atoms with van der Waals surface area (Å²) < 4.78 is 2.27. The van der Waals surface area contributed by atoms with E-state index in [2.05, 4.69) is 53.9 Å². The van der Waals surface area contributed by atoms with E-state index in [1.54, 1.807) is 0 Å². The normalized spacial score (nSPS) is 18.8. The van der Waals surface area contributed by atoms with Crippen LogP contribution in [-0.2, 0) is 6.54 Å². The number of rotatable bonds is 5. The van der Waals surface area contributed by atoms with E-state index < -0.39 is 0 Å². The van der Waals surface area contributed by atoms with Crippen molar-refractivity contribution >= 4 is 5.95 Å². The van der Waals surface area contributed by atoms with Gasteiger partial charge in [-0.3, -0.25) is 0 Å². The molecule has 1 aliphatic rings. The molecule has 1 heterocycles. The van der Waals surface area contributed by atoms with Gasteiger partial charge in [-0.25, -0.2) is 4.98 Å². The Morgan fingerprint density at radius 1 is 1.37 bits per heavy atom. The third-order valence-corrected chi connectivity index (χ3v) is 4.18. The topological polar surface area (TPSA) is 33.1 Å². The molecule has 1 atom stereocenters. The number of nitrogens with zero attached hydrogens (tertiary/aromatic N) is 3. The number of aryl methyl sites for hydroxylation is 1. The van der Waals surface area contributed by atoms with Gasteiger partial charge in [-0.2, -0.15) is 0 Å². The van der Waals surface area contributed by atoms with E-state index in [-0.39, 0.29) is 0 Å². The van der Waals surface area contributed by atoms with Gasteiger partial charge in [0.05, 0.1) is 5.69 Å². The van der Waals surface area contributed by atoms with Crippen molar-refractivity contribution in [1.82, 2.24) is 14.5 Å². The van der Waals surface area contributed by atoms with Crippen molar-refractivity contribution in [2.24, 2.45) is 0 Å². The van der Waals surface area contributed by atoms with Gasteiger partial charge in [0, 0.05) is 24.8 Å². The van der Waals surface area contributed by atoms with E-state index in [4.69, 9.17) is 0 Å². The van der Waals surface area contributed by atoms with Crippen LogP contribution in [0.5, 0.6) is 0 Å². The summed E-state index contributed by atoms with van der Waals surface area (Å²) in [5.74, 6) is 1.05. The van der Waals surface area contributed by atoms with Crippen LogP contribution in [0.15, 0.2) is 6.20 Å².